The molecule has 0 spiro atoms. The van der Waals surface area contributed by atoms with Gasteiger partial charge in [-0.05, 0) is 24.3 Å². The zero-order chi connectivity index (χ0) is 22.2. The summed E-state index contributed by atoms with van der Waals surface area (Å²) in [5, 5.41) is 0. The monoisotopic (exact) mass is 434 g/mol. The van der Waals surface area contributed by atoms with Crippen molar-refractivity contribution in [3.63, 3.8) is 0 Å². The molecule has 8 heteroatoms. The zero-order valence-corrected chi connectivity index (χ0v) is 17.7. The summed E-state index contributed by atoms with van der Waals surface area (Å²) < 4.78 is 0. The summed E-state index contributed by atoms with van der Waals surface area (Å²) in [6.07, 6.45) is 0.419. The third-order valence-electron chi connectivity index (χ3n) is 6.84. The first-order valence-corrected chi connectivity index (χ1v) is 11.1. The van der Waals surface area contributed by atoms with Crippen LogP contribution in [0.3, 0.4) is 0 Å². The Kier molecular flexibility index (Phi) is 5.32. The maximum Gasteiger partial charge on any atom is 0.292 e. The third kappa shape index (κ3) is 3.51. The molecule has 0 radical (unpaired) electrons. The summed E-state index contributed by atoms with van der Waals surface area (Å²) in [7, 11) is 0. The van der Waals surface area contributed by atoms with E-state index in [1.807, 2.05) is 36.4 Å². The fraction of sp³-hybridized carbons (Fsp3) is 0.333. The van der Waals surface area contributed by atoms with Gasteiger partial charge in [-0.15, -0.1) is 0 Å². The molecule has 3 fully saturated rings. The van der Waals surface area contributed by atoms with Crippen LogP contribution in [0, 0.1) is 0 Å². The van der Waals surface area contributed by atoms with E-state index in [0.717, 1.165) is 9.80 Å². The highest BCUT2D eigenvalue weighted by atomic mass is 16.2. The maximum absolute atomic E-state index is 13.0. The lowest BCUT2D eigenvalue weighted by atomic mass is 10.1. The van der Waals surface area contributed by atoms with E-state index in [-0.39, 0.29) is 48.6 Å². The number of rotatable bonds is 4. The van der Waals surface area contributed by atoms with Crippen molar-refractivity contribution >= 4 is 35.0 Å². The van der Waals surface area contributed by atoms with Crippen LogP contribution in [0.4, 0.5) is 11.4 Å². The molecule has 3 aliphatic rings. The minimum absolute atomic E-state index is 0.151. The Morgan fingerprint density at radius 1 is 0.562 bits per heavy atom. The molecule has 4 amide bonds. The number of carbonyl (C=O) groups is 4. The maximum atomic E-state index is 13.0. The summed E-state index contributed by atoms with van der Waals surface area (Å²) in [6, 6.07) is 17.3. The molecule has 0 saturated carbocycles. The van der Waals surface area contributed by atoms with Gasteiger partial charge in [0.1, 0.15) is 26.2 Å². The van der Waals surface area contributed by atoms with Crippen LogP contribution < -0.4 is 19.6 Å². The quantitative estimate of drug-likeness (QED) is 0.570. The van der Waals surface area contributed by atoms with Crippen LogP contribution in [0.15, 0.2) is 60.7 Å². The van der Waals surface area contributed by atoms with Crippen molar-refractivity contribution in [2.75, 3.05) is 36.0 Å². The predicted molar refractivity (Wildman–Crippen MR) is 116 cm³/mol. The molecule has 0 bridgehead atoms. The van der Waals surface area contributed by atoms with Crippen molar-refractivity contribution in [1.82, 2.24) is 0 Å². The largest absolute Gasteiger partial charge is 0.315 e. The molecule has 2 N–H and O–H groups in total. The Bertz CT molecular complexity index is 965. The lowest BCUT2D eigenvalue weighted by Gasteiger charge is -2.34. The Balaban J connectivity index is 1.23. The molecule has 5 rings (SSSR count). The molecule has 2 atom stereocenters. The van der Waals surface area contributed by atoms with E-state index in [1.165, 1.54) is 9.80 Å². The van der Waals surface area contributed by atoms with Gasteiger partial charge in [-0.3, -0.25) is 19.2 Å². The van der Waals surface area contributed by atoms with Crippen molar-refractivity contribution in [3.05, 3.63) is 60.7 Å². The van der Waals surface area contributed by atoms with Crippen LogP contribution in [0.1, 0.15) is 12.8 Å². The molecule has 8 nitrogen and oxygen atoms in total. The van der Waals surface area contributed by atoms with E-state index >= 15 is 0 Å². The molecule has 2 aromatic rings. The minimum atomic E-state index is -0.383. The van der Waals surface area contributed by atoms with Crippen LogP contribution >= 0.6 is 0 Å². The van der Waals surface area contributed by atoms with E-state index in [2.05, 4.69) is 0 Å². The molecule has 3 heterocycles. The lowest BCUT2D eigenvalue weighted by molar-refractivity contribution is -1.02. The topological polar surface area (TPSA) is 83.6 Å². The lowest BCUT2D eigenvalue weighted by Crippen LogP contribution is -3.31. The second-order valence-corrected chi connectivity index (χ2v) is 8.64. The molecule has 0 unspecified atom stereocenters. The zero-order valence-electron chi connectivity index (χ0n) is 17.7. The standard InChI is InChI=1S/C24H24N4O4/c29-21-15-19(23(31)27(21)17-7-3-1-4-8-17)25-11-13-26(14-12-25)20-16-22(30)28(24(20)32)18-9-5-2-6-10-18/h1-10,19-20H,11-16H2/p+2/t19-,20-/m1/s1. The first-order chi connectivity index (χ1) is 15.5. The van der Waals surface area contributed by atoms with Crippen molar-refractivity contribution in [3.8, 4) is 0 Å². The summed E-state index contributed by atoms with van der Waals surface area (Å²) >= 11 is 0. The average Bonchev–Trinajstić information content (AvgIpc) is 3.29. The third-order valence-corrected chi connectivity index (χ3v) is 6.84. The van der Waals surface area contributed by atoms with Gasteiger partial charge >= 0.3 is 0 Å². The van der Waals surface area contributed by atoms with Gasteiger partial charge in [-0.25, -0.2) is 9.80 Å². The highest BCUT2D eigenvalue weighted by molar-refractivity contribution is 6.22. The fourth-order valence-electron chi connectivity index (χ4n) is 5.19. The van der Waals surface area contributed by atoms with Crippen molar-refractivity contribution in [1.29, 1.82) is 0 Å². The van der Waals surface area contributed by atoms with Gasteiger partial charge in [-0.2, -0.15) is 0 Å². The van der Waals surface area contributed by atoms with E-state index in [1.54, 1.807) is 24.3 Å². The van der Waals surface area contributed by atoms with Gasteiger partial charge in [0.05, 0.1) is 24.2 Å². The second kappa shape index (κ2) is 8.29. The Morgan fingerprint density at radius 2 is 0.906 bits per heavy atom. The number of piperazine rings is 1. The number of amides is 4. The molecule has 3 saturated heterocycles. The van der Waals surface area contributed by atoms with Crippen LogP contribution in [0.2, 0.25) is 0 Å². The Morgan fingerprint density at radius 3 is 1.25 bits per heavy atom. The van der Waals surface area contributed by atoms with Gasteiger partial charge in [-0.1, -0.05) is 36.4 Å². The molecular formula is C24H26N4O4+2. The number of para-hydroxylation sites is 2. The SMILES string of the molecule is O=C1C[C@@H]([NH+]2CC[NH+]([C@@H]3CC(=O)N(c4ccccc4)C3=O)CC2)C(=O)N1c1ccccc1. The van der Waals surface area contributed by atoms with Gasteiger partial charge in [0.15, 0.2) is 12.1 Å². The number of carbonyl (C=O) groups excluding carboxylic acids is 4. The van der Waals surface area contributed by atoms with E-state index < -0.39 is 0 Å². The number of quaternary nitrogens is 2. The van der Waals surface area contributed by atoms with Crippen molar-refractivity contribution in [2.24, 2.45) is 0 Å². The van der Waals surface area contributed by atoms with E-state index in [0.29, 0.717) is 37.6 Å². The summed E-state index contributed by atoms with van der Waals surface area (Å²) in [4.78, 5) is 55.9. The smallest absolute Gasteiger partial charge is 0.292 e. The van der Waals surface area contributed by atoms with E-state index in [4.69, 9.17) is 0 Å². The van der Waals surface area contributed by atoms with Gasteiger partial charge < -0.3 is 9.80 Å². The first-order valence-electron chi connectivity index (χ1n) is 11.1. The number of benzene rings is 2. The Hall–Kier alpha value is -3.36. The minimum Gasteiger partial charge on any atom is -0.315 e. The highest BCUT2D eigenvalue weighted by Gasteiger charge is 2.50. The first kappa shape index (κ1) is 20.5. The summed E-state index contributed by atoms with van der Waals surface area (Å²) in [5.41, 5.74) is 1.23. The predicted octanol–water partition coefficient (Wildman–Crippen LogP) is -1.57. The number of hydrogen-bond donors (Lipinski definition) is 2. The number of imide groups is 2. The van der Waals surface area contributed by atoms with Crippen molar-refractivity contribution < 1.29 is 29.0 Å². The van der Waals surface area contributed by atoms with Crippen LogP contribution in [-0.4, -0.2) is 61.9 Å². The molecule has 0 aromatic heterocycles. The number of nitrogens with zero attached hydrogens (tertiary/aromatic N) is 2. The highest BCUT2D eigenvalue weighted by Crippen LogP contribution is 2.22. The molecule has 32 heavy (non-hydrogen) atoms. The second-order valence-electron chi connectivity index (χ2n) is 8.64. The van der Waals surface area contributed by atoms with Gasteiger partial charge in [0, 0.05) is 0 Å². The van der Waals surface area contributed by atoms with Gasteiger partial charge in [0.25, 0.3) is 11.8 Å². The summed E-state index contributed by atoms with van der Waals surface area (Å²) in [6.45, 7) is 2.74. The molecule has 3 aliphatic heterocycles. The van der Waals surface area contributed by atoms with E-state index in [9.17, 15) is 19.2 Å². The Labute approximate surface area is 186 Å². The number of nitrogens with one attached hydrogen (secondary N) is 2. The van der Waals surface area contributed by atoms with Crippen LogP contribution in [-0.2, 0) is 19.2 Å². The molecule has 164 valence electrons. The van der Waals surface area contributed by atoms with Crippen LogP contribution in [0.5, 0.6) is 0 Å². The molecule has 0 aliphatic carbocycles. The number of hydrogen-bond acceptors (Lipinski definition) is 4. The van der Waals surface area contributed by atoms with Crippen LogP contribution in [0.25, 0.3) is 0 Å². The average molecular weight is 434 g/mol. The van der Waals surface area contributed by atoms with Gasteiger partial charge in [0.2, 0.25) is 11.8 Å². The summed E-state index contributed by atoms with van der Waals surface area (Å²) in [5.74, 6) is -0.629. The fourth-order valence-corrected chi connectivity index (χ4v) is 5.19. The molecular weight excluding hydrogens is 408 g/mol. The normalized spacial score (nSPS) is 28.6. The van der Waals surface area contributed by atoms with Crippen molar-refractivity contribution in [2.45, 2.75) is 24.9 Å². The number of anilines is 2. The molecule has 2 aromatic carbocycles.